The largest absolute Gasteiger partial charge is 0.356 e. The van der Waals surface area contributed by atoms with Crippen LogP contribution in [0.25, 0.3) is 11.3 Å². The van der Waals surface area contributed by atoms with Gasteiger partial charge < -0.3 is 14.3 Å². The molecule has 0 saturated carbocycles. The summed E-state index contributed by atoms with van der Waals surface area (Å²) in [6.07, 6.45) is 10.6. The van der Waals surface area contributed by atoms with Crippen molar-refractivity contribution in [3.63, 3.8) is 0 Å². The van der Waals surface area contributed by atoms with Gasteiger partial charge in [-0.15, -0.1) is 0 Å². The number of amides is 1. The molecule has 3 aromatic heterocycles. The zero-order chi connectivity index (χ0) is 22.8. The Morgan fingerprint density at radius 1 is 1.09 bits per heavy atom. The van der Waals surface area contributed by atoms with Gasteiger partial charge in [-0.3, -0.25) is 9.78 Å². The van der Waals surface area contributed by atoms with E-state index in [4.69, 9.17) is 14.5 Å². The van der Waals surface area contributed by atoms with Crippen LogP contribution in [0.1, 0.15) is 60.4 Å². The Bertz CT molecular complexity index is 1110. The van der Waals surface area contributed by atoms with E-state index in [1.54, 1.807) is 12.4 Å². The molecule has 1 amide bonds. The number of hydrogen-bond donors (Lipinski definition) is 0. The van der Waals surface area contributed by atoms with Gasteiger partial charge in [0.2, 0.25) is 5.95 Å². The molecule has 2 fully saturated rings. The van der Waals surface area contributed by atoms with Gasteiger partial charge in [-0.2, -0.15) is 0 Å². The number of aromatic nitrogens is 5. The van der Waals surface area contributed by atoms with Crippen LogP contribution in [0.4, 0.5) is 5.95 Å². The molecule has 0 bridgehead atoms. The third kappa shape index (κ3) is 4.58. The van der Waals surface area contributed by atoms with Crippen molar-refractivity contribution < 1.29 is 9.32 Å². The summed E-state index contributed by atoms with van der Waals surface area (Å²) < 4.78 is 5.58. The Morgan fingerprint density at radius 2 is 1.94 bits per heavy atom. The van der Waals surface area contributed by atoms with Crippen molar-refractivity contribution in [1.82, 2.24) is 30.0 Å². The van der Waals surface area contributed by atoms with Crippen molar-refractivity contribution in [2.75, 3.05) is 31.1 Å². The number of likely N-dealkylation sites (tertiary alicyclic amines) is 1. The second-order valence-electron chi connectivity index (χ2n) is 9.15. The van der Waals surface area contributed by atoms with Crippen LogP contribution in [-0.2, 0) is 0 Å². The van der Waals surface area contributed by atoms with E-state index in [1.807, 2.05) is 24.1 Å². The van der Waals surface area contributed by atoms with E-state index in [0.717, 1.165) is 55.3 Å². The summed E-state index contributed by atoms with van der Waals surface area (Å²) in [4.78, 5) is 34.9. The van der Waals surface area contributed by atoms with Gasteiger partial charge in [0, 0.05) is 56.8 Å². The van der Waals surface area contributed by atoms with Crippen LogP contribution in [0.5, 0.6) is 0 Å². The average molecular weight is 448 g/mol. The van der Waals surface area contributed by atoms with Gasteiger partial charge in [0.05, 0.1) is 23.1 Å². The lowest BCUT2D eigenvalue weighted by atomic mass is 9.90. The predicted octanol–water partition coefficient (Wildman–Crippen LogP) is 3.49. The summed E-state index contributed by atoms with van der Waals surface area (Å²) in [7, 11) is 0. The van der Waals surface area contributed by atoms with Gasteiger partial charge in [0.25, 0.3) is 5.91 Å². The Morgan fingerprint density at radius 3 is 2.64 bits per heavy atom. The number of nitrogens with zero attached hydrogens (tertiary/aromatic N) is 7. The molecule has 0 aromatic carbocycles. The summed E-state index contributed by atoms with van der Waals surface area (Å²) in [5.74, 6) is 2.25. The summed E-state index contributed by atoms with van der Waals surface area (Å²) >= 11 is 0. The molecule has 5 heterocycles. The molecule has 9 heteroatoms. The van der Waals surface area contributed by atoms with Gasteiger partial charge in [-0.25, -0.2) is 15.0 Å². The summed E-state index contributed by atoms with van der Waals surface area (Å²) in [5, 5.41) is 4.06. The van der Waals surface area contributed by atoms with Crippen LogP contribution < -0.4 is 4.90 Å². The van der Waals surface area contributed by atoms with E-state index in [0.29, 0.717) is 30.5 Å². The third-order valence-corrected chi connectivity index (χ3v) is 6.59. The van der Waals surface area contributed by atoms with Crippen LogP contribution in [-0.4, -0.2) is 62.1 Å². The number of anilines is 1. The molecule has 0 aliphatic carbocycles. The molecule has 5 rings (SSSR count). The molecule has 1 atom stereocenters. The molecule has 1 unspecified atom stereocenters. The van der Waals surface area contributed by atoms with Crippen LogP contribution in [0.2, 0.25) is 0 Å². The second-order valence-corrected chi connectivity index (χ2v) is 9.15. The highest BCUT2D eigenvalue weighted by Gasteiger charge is 2.30. The second kappa shape index (κ2) is 9.25. The first-order valence-electron chi connectivity index (χ1n) is 11.7. The van der Waals surface area contributed by atoms with Crippen molar-refractivity contribution in [2.45, 2.75) is 45.4 Å². The molecule has 0 radical (unpaired) electrons. The third-order valence-electron chi connectivity index (χ3n) is 6.59. The minimum absolute atomic E-state index is 0.0710. The van der Waals surface area contributed by atoms with E-state index >= 15 is 0 Å². The number of piperidine rings is 2. The SMILES string of the molecule is Cc1cc(-c2cnc(N3CCCC(C)C3)nc2C2CCN(C(=O)c3cnccn3)CC2)on1. The molecule has 172 valence electrons. The van der Waals surface area contributed by atoms with Gasteiger partial charge in [-0.05, 0) is 38.5 Å². The van der Waals surface area contributed by atoms with E-state index in [-0.39, 0.29) is 11.8 Å². The fourth-order valence-corrected chi connectivity index (χ4v) is 4.83. The van der Waals surface area contributed by atoms with Crippen molar-refractivity contribution in [3.8, 4) is 11.3 Å². The lowest BCUT2D eigenvalue weighted by Gasteiger charge is -2.34. The van der Waals surface area contributed by atoms with Gasteiger partial charge in [0.1, 0.15) is 5.69 Å². The number of aryl methyl sites for hydroxylation is 1. The van der Waals surface area contributed by atoms with Crippen molar-refractivity contribution >= 4 is 11.9 Å². The van der Waals surface area contributed by atoms with E-state index in [1.165, 1.54) is 12.6 Å². The van der Waals surface area contributed by atoms with Gasteiger partial charge in [0.15, 0.2) is 5.76 Å². The van der Waals surface area contributed by atoms with Gasteiger partial charge >= 0.3 is 0 Å². The average Bonchev–Trinajstić information content (AvgIpc) is 3.30. The number of hydrogen-bond acceptors (Lipinski definition) is 8. The van der Waals surface area contributed by atoms with E-state index in [9.17, 15) is 4.79 Å². The highest BCUT2D eigenvalue weighted by Crippen LogP contribution is 2.35. The summed E-state index contributed by atoms with van der Waals surface area (Å²) in [6.45, 7) is 7.45. The molecule has 0 N–H and O–H groups in total. The molecule has 2 aliphatic rings. The Balaban J connectivity index is 1.40. The van der Waals surface area contributed by atoms with E-state index < -0.39 is 0 Å². The van der Waals surface area contributed by atoms with Crippen molar-refractivity contribution in [3.05, 3.63) is 47.9 Å². The Labute approximate surface area is 193 Å². The fraction of sp³-hybridized carbons (Fsp3) is 0.500. The molecular weight excluding hydrogens is 418 g/mol. The molecule has 0 spiro atoms. The van der Waals surface area contributed by atoms with Gasteiger partial charge in [-0.1, -0.05) is 12.1 Å². The minimum Gasteiger partial charge on any atom is -0.356 e. The van der Waals surface area contributed by atoms with Crippen LogP contribution in [0, 0.1) is 12.8 Å². The fourth-order valence-electron chi connectivity index (χ4n) is 4.83. The van der Waals surface area contributed by atoms with Crippen molar-refractivity contribution in [2.24, 2.45) is 5.92 Å². The Hall–Kier alpha value is -3.36. The maximum absolute atomic E-state index is 12.8. The highest BCUT2D eigenvalue weighted by molar-refractivity contribution is 5.92. The lowest BCUT2D eigenvalue weighted by Crippen LogP contribution is -2.39. The van der Waals surface area contributed by atoms with E-state index in [2.05, 4.69) is 26.9 Å². The van der Waals surface area contributed by atoms with Crippen LogP contribution >= 0.6 is 0 Å². The molecular formula is C24H29N7O2. The topological polar surface area (TPSA) is 101 Å². The first kappa shape index (κ1) is 21.5. The number of rotatable bonds is 4. The smallest absolute Gasteiger partial charge is 0.274 e. The Kier molecular flexibility index (Phi) is 6.02. The first-order chi connectivity index (χ1) is 16.1. The quantitative estimate of drug-likeness (QED) is 0.599. The number of carbonyl (C=O) groups is 1. The zero-order valence-corrected chi connectivity index (χ0v) is 19.1. The molecule has 3 aromatic rings. The maximum Gasteiger partial charge on any atom is 0.274 e. The highest BCUT2D eigenvalue weighted by atomic mass is 16.5. The summed E-state index contributed by atoms with van der Waals surface area (Å²) in [5.41, 5.74) is 3.09. The van der Waals surface area contributed by atoms with Crippen molar-refractivity contribution in [1.29, 1.82) is 0 Å². The molecule has 2 aliphatic heterocycles. The van der Waals surface area contributed by atoms with Crippen LogP contribution in [0.3, 0.4) is 0 Å². The monoisotopic (exact) mass is 447 g/mol. The van der Waals surface area contributed by atoms with Crippen LogP contribution in [0.15, 0.2) is 35.4 Å². The zero-order valence-electron chi connectivity index (χ0n) is 19.1. The standard InChI is InChI=1S/C24H29N7O2/c1-16-4-3-9-31(15-16)24-27-13-19(21-12-17(2)29-33-21)22(28-24)18-5-10-30(11-6-18)23(32)20-14-25-7-8-26-20/h7-8,12-14,16,18H,3-6,9-11,15H2,1-2H3. The normalized spacial score (nSPS) is 19.6. The first-order valence-corrected chi connectivity index (χ1v) is 11.7. The molecule has 33 heavy (non-hydrogen) atoms. The lowest BCUT2D eigenvalue weighted by molar-refractivity contribution is 0.0705. The molecule has 2 saturated heterocycles. The summed E-state index contributed by atoms with van der Waals surface area (Å²) in [6, 6.07) is 1.93. The minimum atomic E-state index is -0.0710. The predicted molar refractivity (Wildman–Crippen MR) is 123 cm³/mol. The number of carbonyl (C=O) groups excluding carboxylic acids is 1. The molecule has 9 nitrogen and oxygen atoms in total. The maximum atomic E-state index is 12.8.